The molecule has 0 aliphatic heterocycles. The van der Waals surface area contributed by atoms with Crippen LogP contribution in [0.5, 0.6) is 5.75 Å². The van der Waals surface area contributed by atoms with Crippen molar-refractivity contribution >= 4 is 5.78 Å². The van der Waals surface area contributed by atoms with Gasteiger partial charge in [-0.05, 0) is 65.6 Å². The highest BCUT2D eigenvalue weighted by Crippen LogP contribution is 2.28. The maximum Gasteiger partial charge on any atom is 0.151 e. The SMILES string of the molecule is [2H]C1(C)C(=O)Cc2ccc(OCCCCc3nnnn3C3([2H])C([2H])([2H])C([2H])([2H])C([2H])([2H])C([2H])([2H])C3([2H])[2H])cc2C1([2H])[2H]. The monoisotopic (exact) mass is 396 g/mol. The molecule has 6 nitrogen and oxygen atoms in total. The van der Waals surface area contributed by atoms with Crippen molar-refractivity contribution in [1.29, 1.82) is 0 Å². The zero-order chi connectivity index (χ0) is 31.9. The number of tetrazole rings is 1. The number of aryl methyl sites for hydroxylation is 1. The fourth-order valence-electron chi connectivity index (χ4n) is 2.95. The molecule has 1 heterocycles. The van der Waals surface area contributed by atoms with Crippen molar-refractivity contribution in [1.82, 2.24) is 20.2 Å². The Morgan fingerprint density at radius 1 is 1.25 bits per heavy atom. The standard InChI is InChI=1S/C22H30N4O2/c1-16-13-18-14-20(11-10-17(18)15-21(16)27)28-12-6-5-9-22-23-24-25-26(22)19-7-3-2-4-8-19/h10-11,14,16,19H,2-9,12-13,15H2,1H3/i2D2,3D2,4D2,7D2,8D2,13D2,16D,19D. The molecule has 1 unspecified atom stereocenters. The molecule has 1 aromatic carbocycles. The van der Waals surface area contributed by atoms with Crippen LogP contribution in [0, 0.1) is 5.89 Å². The van der Waals surface area contributed by atoms with Crippen LogP contribution in [-0.4, -0.2) is 32.6 Å². The van der Waals surface area contributed by atoms with Gasteiger partial charge in [-0.25, -0.2) is 4.68 Å². The lowest BCUT2D eigenvalue weighted by Gasteiger charge is -2.22. The van der Waals surface area contributed by atoms with Gasteiger partial charge < -0.3 is 4.74 Å². The van der Waals surface area contributed by atoms with E-state index in [-0.39, 0.29) is 37.3 Å². The van der Waals surface area contributed by atoms with Crippen LogP contribution in [0.25, 0.3) is 0 Å². The summed E-state index contributed by atoms with van der Waals surface area (Å²) in [6.45, 7) is 1.34. The fourth-order valence-corrected chi connectivity index (χ4v) is 2.95. The van der Waals surface area contributed by atoms with E-state index in [0.717, 1.165) is 0 Å². The highest BCUT2D eigenvalue weighted by Gasteiger charge is 2.23. The molecule has 2 aliphatic rings. The Morgan fingerprint density at radius 2 is 2.11 bits per heavy atom. The number of aromatic nitrogens is 4. The van der Waals surface area contributed by atoms with Crippen molar-refractivity contribution in [2.45, 2.75) is 76.9 Å². The molecule has 0 N–H and O–H groups in total. The summed E-state index contributed by atoms with van der Waals surface area (Å²) in [6.07, 6.45) is -20.1. The van der Waals surface area contributed by atoms with Gasteiger partial charge in [0.25, 0.3) is 0 Å². The number of rotatable bonds is 7. The second-order valence-corrected chi connectivity index (χ2v) is 6.45. The minimum Gasteiger partial charge on any atom is -0.494 e. The Bertz CT molecular complexity index is 1360. The highest BCUT2D eigenvalue weighted by atomic mass is 16.5. The van der Waals surface area contributed by atoms with Crippen LogP contribution in [-0.2, 0) is 24.0 Å². The number of benzene rings is 1. The van der Waals surface area contributed by atoms with Crippen molar-refractivity contribution in [3.05, 3.63) is 35.2 Å². The van der Waals surface area contributed by atoms with Gasteiger partial charge in [0, 0.05) is 36.6 Å². The fraction of sp³-hybridized carbons (Fsp3) is 0.636. The lowest BCUT2D eigenvalue weighted by atomic mass is 9.84. The zero-order valence-electron chi connectivity index (χ0n) is 29.4. The molecule has 6 heteroatoms. The Morgan fingerprint density at radius 3 is 2.96 bits per heavy atom. The Balaban J connectivity index is 1.50. The maximum atomic E-state index is 12.2. The topological polar surface area (TPSA) is 69.9 Å². The molecule has 1 atom stereocenters. The summed E-state index contributed by atoms with van der Waals surface area (Å²) in [5.74, 6) is -2.41. The third-order valence-electron chi connectivity index (χ3n) is 4.47. The molecule has 4 rings (SSSR count). The Kier molecular flexibility index (Phi) is 2.73. The first-order chi connectivity index (χ1) is 18.9. The number of ketones is 1. The summed E-state index contributed by atoms with van der Waals surface area (Å²) in [5, 5.41) is 10.6. The molecule has 0 radical (unpaired) electrons. The van der Waals surface area contributed by atoms with E-state index in [1.165, 1.54) is 13.0 Å². The molecular weight excluding hydrogens is 352 g/mol. The van der Waals surface area contributed by atoms with Gasteiger partial charge in [-0.2, -0.15) is 0 Å². The summed E-state index contributed by atoms with van der Waals surface area (Å²) < 4.78 is 122. The number of hydrogen-bond acceptors (Lipinski definition) is 5. The van der Waals surface area contributed by atoms with Gasteiger partial charge >= 0.3 is 0 Å². The van der Waals surface area contributed by atoms with Gasteiger partial charge in [0.15, 0.2) is 5.82 Å². The van der Waals surface area contributed by atoms with Gasteiger partial charge in [0.1, 0.15) is 11.5 Å². The molecule has 28 heavy (non-hydrogen) atoms. The first kappa shape index (κ1) is 8.64. The smallest absolute Gasteiger partial charge is 0.151 e. The number of nitrogens with zero attached hydrogens (tertiary/aromatic N) is 4. The van der Waals surface area contributed by atoms with E-state index < -0.39 is 55.9 Å². The summed E-state index contributed by atoms with van der Waals surface area (Å²) in [5.41, 5.74) is 0.666. The minimum atomic E-state index is -3.66. The molecule has 1 fully saturated rings. The van der Waals surface area contributed by atoms with Crippen molar-refractivity contribution in [3.8, 4) is 5.75 Å². The number of fused-ring (bicyclic) bond motifs is 1. The van der Waals surface area contributed by atoms with Crippen molar-refractivity contribution in [2.24, 2.45) is 5.89 Å². The predicted molar refractivity (Wildman–Crippen MR) is 106 cm³/mol. The van der Waals surface area contributed by atoms with Crippen molar-refractivity contribution in [2.75, 3.05) is 6.61 Å². The number of unbranched alkanes of at least 4 members (excludes halogenated alkanes) is 1. The molecule has 0 bridgehead atoms. The first-order valence-corrected chi connectivity index (χ1v) is 9.02. The van der Waals surface area contributed by atoms with Crippen LogP contribution in [0.1, 0.15) is 93.8 Å². The van der Waals surface area contributed by atoms with Crippen LogP contribution in [0.4, 0.5) is 0 Å². The molecule has 0 amide bonds. The van der Waals surface area contributed by atoms with Crippen LogP contribution >= 0.6 is 0 Å². The van der Waals surface area contributed by atoms with Gasteiger partial charge in [-0.1, -0.05) is 32.1 Å². The molecular formula is C22H30N4O2. The summed E-state index contributed by atoms with van der Waals surface area (Å²) in [4.78, 5) is 12.2. The van der Waals surface area contributed by atoms with Crippen LogP contribution in [0.3, 0.4) is 0 Å². The minimum absolute atomic E-state index is 0.0646. The molecule has 150 valence electrons. The average molecular weight is 397 g/mol. The molecule has 2 aromatic rings. The van der Waals surface area contributed by atoms with E-state index in [0.29, 0.717) is 22.4 Å². The van der Waals surface area contributed by atoms with E-state index in [4.69, 9.17) is 23.9 Å². The first-order valence-electron chi connectivity index (χ1n) is 16.0. The number of ether oxygens (including phenoxy) is 1. The van der Waals surface area contributed by atoms with E-state index in [2.05, 4.69) is 15.5 Å². The average Bonchev–Trinajstić information content (AvgIpc) is 3.35. The van der Waals surface area contributed by atoms with Crippen molar-refractivity contribution in [3.63, 3.8) is 0 Å². The van der Waals surface area contributed by atoms with E-state index in [9.17, 15) is 4.79 Å². The number of Topliss-reactive ketones (excluding diaryl/α,β-unsaturated/α-hetero) is 1. The van der Waals surface area contributed by atoms with E-state index in [1.807, 2.05) is 0 Å². The quantitative estimate of drug-likeness (QED) is 0.664. The summed E-state index contributed by atoms with van der Waals surface area (Å²) >= 11 is 0. The molecule has 1 saturated carbocycles. The molecule has 1 aromatic heterocycles. The zero-order valence-corrected chi connectivity index (χ0v) is 15.4. The Labute approximate surface area is 186 Å². The number of hydrogen-bond donors (Lipinski definition) is 0. The van der Waals surface area contributed by atoms with Gasteiger partial charge in [0.05, 0.1) is 14.0 Å². The largest absolute Gasteiger partial charge is 0.494 e. The van der Waals surface area contributed by atoms with Crippen LogP contribution in [0.2, 0.25) is 0 Å². The van der Waals surface area contributed by atoms with Crippen LogP contribution in [0.15, 0.2) is 18.2 Å². The summed E-state index contributed by atoms with van der Waals surface area (Å²) in [7, 11) is 0. The van der Waals surface area contributed by atoms with Gasteiger partial charge in [0.2, 0.25) is 0 Å². The van der Waals surface area contributed by atoms with E-state index in [1.54, 1.807) is 12.1 Å². The predicted octanol–water partition coefficient (Wildman–Crippen LogP) is 3.88. The molecule has 2 aliphatic carbocycles. The number of carbonyl (C=O) groups is 1. The Hall–Kier alpha value is -2.24. The van der Waals surface area contributed by atoms with Gasteiger partial charge in [-0.3, -0.25) is 4.79 Å². The van der Waals surface area contributed by atoms with Crippen molar-refractivity contribution < 1.29 is 28.7 Å². The lowest BCUT2D eigenvalue weighted by Crippen LogP contribution is -2.22. The normalized spacial score (nSPS) is 42.1. The van der Waals surface area contributed by atoms with E-state index >= 15 is 0 Å². The van der Waals surface area contributed by atoms with Crippen LogP contribution < -0.4 is 4.74 Å². The third-order valence-corrected chi connectivity index (χ3v) is 4.47. The second-order valence-electron chi connectivity index (χ2n) is 6.45. The second kappa shape index (κ2) is 8.84. The third kappa shape index (κ3) is 4.42. The highest BCUT2D eigenvalue weighted by molar-refractivity contribution is 5.85. The van der Waals surface area contributed by atoms with Gasteiger partial charge in [-0.15, -0.1) is 5.10 Å². The molecule has 0 saturated heterocycles. The number of carbonyl (C=O) groups excluding carboxylic acids is 1. The lowest BCUT2D eigenvalue weighted by molar-refractivity contribution is -0.122. The maximum absolute atomic E-state index is 12.2. The summed E-state index contributed by atoms with van der Waals surface area (Å²) in [6, 6.07) is 1.16. The molecule has 0 spiro atoms.